The molecular weight excluding hydrogens is 325 g/mol. The Bertz CT molecular complexity index is 731. The molecule has 0 saturated heterocycles. The van der Waals surface area contributed by atoms with E-state index >= 15 is 0 Å². The molecule has 0 fully saturated rings. The van der Waals surface area contributed by atoms with Gasteiger partial charge < -0.3 is 5.21 Å². The van der Waals surface area contributed by atoms with Gasteiger partial charge in [0.2, 0.25) is 5.78 Å². The molecule has 0 aliphatic carbocycles. The van der Waals surface area contributed by atoms with E-state index in [0.717, 1.165) is 6.21 Å². The third-order valence-electron chi connectivity index (χ3n) is 2.67. The summed E-state index contributed by atoms with van der Waals surface area (Å²) >= 11 is 11.8. The largest absolute Gasteiger partial charge is 0.411 e. The summed E-state index contributed by atoms with van der Waals surface area (Å²) in [7, 11) is 0. The Morgan fingerprint density at radius 2 is 1.86 bits per heavy atom. The van der Waals surface area contributed by atoms with Gasteiger partial charge in [0.25, 0.3) is 0 Å². The van der Waals surface area contributed by atoms with Crippen LogP contribution >= 0.6 is 23.2 Å². The zero-order valence-corrected chi connectivity index (χ0v) is 12.7. The van der Waals surface area contributed by atoms with Crippen molar-refractivity contribution in [2.24, 2.45) is 10.3 Å². The third-order valence-corrected chi connectivity index (χ3v) is 3.22. The summed E-state index contributed by atoms with van der Waals surface area (Å²) in [5.41, 5.74) is 3.50. The number of ketones is 1. The van der Waals surface area contributed by atoms with E-state index in [1.165, 1.54) is 12.1 Å². The van der Waals surface area contributed by atoms with E-state index in [0.29, 0.717) is 10.7 Å². The number of hydrogen-bond acceptors (Lipinski definition) is 5. The maximum atomic E-state index is 12.4. The van der Waals surface area contributed by atoms with Gasteiger partial charge in [0, 0.05) is 10.6 Å². The molecule has 0 saturated carbocycles. The highest BCUT2D eigenvalue weighted by atomic mass is 35.5. The van der Waals surface area contributed by atoms with Crippen LogP contribution in [0.3, 0.4) is 0 Å². The summed E-state index contributed by atoms with van der Waals surface area (Å²) in [5, 5.41) is 16.1. The van der Waals surface area contributed by atoms with E-state index in [-0.39, 0.29) is 16.3 Å². The van der Waals surface area contributed by atoms with E-state index in [4.69, 9.17) is 28.4 Å². The van der Waals surface area contributed by atoms with Crippen LogP contribution in [0.4, 0.5) is 5.69 Å². The van der Waals surface area contributed by atoms with Gasteiger partial charge in [-0.2, -0.15) is 5.10 Å². The van der Waals surface area contributed by atoms with E-state index in [1.54, 1.807) is 18.2 Å². The van der Waals surface area contributed by atoms with Crippen molar-refractivity contribution in [2.75, 3.05) is 5.43 Å². The van der Waals surface area contributed by atoms with E-state index in [9.17, 15) is 4.79 Å². The monoisotopic (exact) mass is 335 g/mol. The lowest BCUT2D eigenvalue weighted by atomic mass is 10.1. The third kappa shape index (κ3) is 4.07. The first kappa shape index (κ1) is 16.0. The first-order chi connectivity index (χ1) is 10.6. The van der Waals surface area contributed by atoms with Crippen LogP contribution in [0.1, 0.15) is 10.4 Å². The van der Waals surface area contributed by atoms with Crippen molar-refractivity contribution in [3.05, 3.63) is 64.1 Å². The Kier molecular flexibility index (Phi) is 5.52. The molecule has 5 nitrogen and oxygen atoms in total. The average Bonchev–Trinajstić information content (AvgIpc) is 2.52. The number of rotatable bonds is 5. The predicted molar refractivity (Wildman–Crippen MR) is 88.6 cm³/mol. The van der Waals surface area contributed by atoms with Crippen molar-refractivity contribution in [1.82, 2.24) is 0 Å². The molecular formula is C15H11Cl2N3O2. The summed E-state index contributed by atoms with van der Waals surface area (Å²) in [4.78, 5) is 12.4. The number of hydrazone groups is 1. The topological polar surface area (TPSA) is 74.0 Å². The molecule has 0 atom stereocenters. The molecule has 0 heterocycles. The Hall–Kier alpha value is -2.37. The molecule has 0 aliphatic rings. The number of nitrogens with zero attached hydrogens (tertiary/aromatic N) is 2. The predicted octanol–water partition coefficient (Wildman–Crippen LogP) is 4.10. The number of carbonyl (C=O) groups excluding carboxylic acids is 1. The molecule has 0 unspecified atom stereocenters. The van der Waals surface area contributed by atoms with Gasteiger partial charge in [0.05, 0.1) is 16.9 Å². The second-order valence-corrected chi connectivity index (χ2v) is 5.02. The maximum Gasteiger partial charge on any atom is 0.216 e. The summed E-state index contributed by atoms with van der Waals surface area (Å²) < 4.78 is 0. The number of Topliss-reactive ketones (excluding diaryl/α,β-unsaturated/α-hetero) is 1. The second kappa shape index (κ2) is 7.59. The van der Waals surface area contributed by atoms with Crippen molar-refractivity contribution in [3.63, 3.8) is 0 Å². The van der Waals surface area contributed by atoms with E-state index < -0.39 is 5.78 Å². The minimum absolute atomic E-state index is 0.101. The van der Waals surface area contributed by atoms with Crippen LogP contribution in [-0.2, 0) is 0 Å². The number of nitrogens with one attached hydrogen (secondary N) is 1. The molecule has 2 N–H and O–H groups in total. The lowest BCUT2D eigenvalue weighted by Crippen LogP contribution is -2.18. The average molecular weight is 336 g/mol. The fraction of sp³-hybridized carbons (Fsp3) is 0. The summed E-state index contributed by atoms with van der Waals surface area (Å²) in [6.07, 6.45) is 0.934. The molecule has 0 radical (unpaired) electrons. The van der Waals surface area contributed by atoms with Gasteiger partial charge in [-0.25, -0.2) is 0 Å². The van der Waals surface area contributed by atoms with Gasteiger partial charge in [-0.1, -0.05) is 46.6 Å². The highest BCUT2D eigenvalue weighted by Gasteiger charge is 2.16. The van der Waals surface area contributed by atoms with E-state index in [2.05, 4.69) is 15.7 Å². The minimum atomic E-state index is -0.497. The van der Waals surface area contributed by atoms with Crippen molar-refractivity contribution < 1.29 is 10.0 Å². The number of oxime groups is 1. The zero-order valence-electron chi connectivity index (χ0n) is 11.2. The number of carbonyl (C=O) groups is 1. The Morgan fingerprint density at radius 1 is 1.14 bits per heavy atom. The smallest absolute Gasteiger partial charge is 0.216 e. The molecule has 0 spiro atoms. The van der Waals surface area contributed by atoms with Crippen LogP contribution in [0.15, 0.2) is 58.8 Å². The molecule has 112 valence electrons. The molecule has 0 aromatic heterocycles. The van der Waals surface area contributed by atoms with Crippen molar-refractivity contribution in [2.45, 2.75) is 0 Å². The highest BCUT2D eigenvalue weighted by molar-refractivity contribution is 6.65. The molecule has 0 amide bonds. The lowest BCUT2D eigenvalue weighted by molar-refractivity contribution is 0.106. The molecule has 22 heavy (non-hydrogen) atoms. The molecule has 2 aromatic carbocycles. The van der Waals surface area contributed by atoms with Crippen LogP contribution in [0.2, 0.25) is 10.0 Å². The second-order valence-electron chi connectivity index (χ2n) is 4.17. The van der Waals surface area contributed by atoms with Gasteiger partial charge in [0.15, 0.2) is 5.71 Å². The number of anilines is 1. The number of benzene rings is 2. The molecule has 2 aromatic rings. The van der Waals surface area contributed by atoms with Crippen LogP contribution in [0, 0.1) is 0 Å². The van der Waals surface area contributed by atoms with Gasteiger partial charge >= 0.3 is 0 Å². The normalized spacial score (nSPS) is 11.6. The minimum Gasteiger partial charge on any atom is -0.411 e. The molecule has 2 rings (SSSR count). The van der Waals surface area contributed by atoms with E-state index in [1.807, 2.05) is 18.2 Å². The van der Waals surface area contributed by atoms with Gasteiger partial charge in [0.1, 0.15) is 0 Å². The highest BCUT2D eigenvalue weighted by Crippen LogP contribution is 2.21. The van der Waals surface area contributed by atoms with Crippen LogP contribution in [0.25, 0.3) is 0 Å². The Labute approximate surface area is 136 Å². The number of halogens is 2. The number of para-hydroxylation sites is 1. The molecule has 0 aliphatic heterocycles. The number of hydrogen-bond donors (Lipinski definition) is 2. The van der Waals surface area contributed by atoms with Crippen LogP contribution < -0.4 is 5.43 Å². The summed E-state index contributed by atoms with van der Waals surface area (Å²) in [5.74, 6) is -0.497. The zero-order chi connectivity index (χ0) is 15.9. The van der Waals surface area contributed by atoms with Crippen molar-refractivity contribution in [1.29, 1.82) is 0 Å². The first-order valence-electron chi connectivity index (χ1n) is 6.17. The van der Waals surface area contributed by atoms with Gasteiger partial charge in [-0.3, -0.25) is 10.2 Å². The van der Waals surface area contributed by atoms with Crippen molar-refractivity contribution in [3.8, 4) is 0 Å². The fourth-order valence-electron chi connectivity index (χ4n) is 1.64. The van der Waals surface area contributed by atoms with Crippen LogP contribution in [0.5, 0.6) is 0 Å². The SMILES string of the molecule is O=C(C(/C=N/O)=N/Nc1ccccc1)c1ccc(Cl)cc1Cl. The Morgan fingerprint density at radius 3 is 2.50 bits per heavy atom. The standard InChI is InChI=1S/C15H11Cl2N3O2/c16-10-6-7-12(13(17)8-10)15(21)14(9-18-22)20-19-11-4-2-1-3-5-11/h1-9,19,22H/b18-9+,20-14+. The molecule has 0 bridgehead atoms. The first-order valence-corrected chi connectivity index (χ1v) is 6.93. The lowest BCUT2D eigenvalue weighted by Gasteiger charge is -2.05. The van der Waals surface area contributed by atoms with Gasteiger partial charge in [-0.05, 0) is 30.3 Å². The van der Waals surface area contributed by atoms with Crippen molar-refractivity contribution >= 4 is 46.6 Å². The quantitative estimate of drug-likeness (QED) is 0.374. The summed E-state index contributed by atoms with van der Waals surface area (Å²) in [6.45, 7) is 0. The maximum absolute atomic E-state index is 12.4. The summed E-state index contributed by atoms with van der Waals surface area (Å²) in [6, 6.07) is 13.5. The van der Waals surface area contributed by atoms with Crippen LogP contribution in [-0.4, -0.2) is 22.9 Å². The van der Waals surface area contributed by atoms with Gasteiger partial charge in [-0.15, -0.1) is 0 Å². The Balaban J connectivity index is 2.29. The fourth-order valence-corrected chi connectivity index (χ4v) is 2.14. The molecule has 7 heteroatoms.